The van der Waals surface area contributed by atoms with Crippen LogP contribution in [0.25, 0.3) is 0 Å². The first kappa shape index (κ1) is 30.5. The fourth-order valence-corrected chi connectivity index (χ4v) is 8.54. The number of aliphatic hydroxyl groups excluding tert-OH is 3. The Bertz CT molecular complexity index is 1180. The number of allylic oxidation sites excluding steroid dienone is 4. The van der Waals surface area contributed by atoms with E-state index in [1.807, 2.05) is 12.3 Å². The number of aryl methyl sites for hydroxylation is 1. The third-order valence-corrected chi connectivity index (χ3v) is 11.2. The van der Waals surface area contributed by atoms with Crippen molar-refractivity contribution in [2.45, 2.75) is 135 Å². The first-order valence-corrected chi connectivity index (χ1v) is 16.3. The van der Waals surface area contributed by atoms with E-state index in [1.165, 1.54) is 44.1 Å². The van der Waals surface area contributed by atoms with Gasteiger partial charge in [0.05, 0.1) is 29.9 Å². The topological polar surface area (TPSA) is 86.7 Å². The molecule has 6 atom stereocenters. The van der Waals surface area contributed by atoms with E-state index in [-0.39, 0.29) is 16.2 Å². The van der Waals surface area contributed by atoms with Gasteiger partial charge >= 0.3 is 0 Å². The molecule has 0 bridgehead atoms. The fraction of sp³-hybridized carbons (Fsp3) is 0.694. The van der Waals surface area contributed by atoms with Crippen LogP contribution in [0.4, 0.5) is 0 Å². The van der Waals surface area contributed by atoms with Crippen LogP contribution in [-0.4, -0.2) is 38.6 Å². The molecule has 0 saturated heterocycles. The molecule has 0 aliphatic heterocycles. The smallest absolute Gasteiger partial charge is 0.203 e. The van der Waals surface area contributed by atoms with E-state index in [0.29, 0.717) is 30.6 Å². The zero-order chi connectivity index (χ0) is 29.4. The molecule has 0 aromatic carbocycles. The van der Waals surface area contributed by atoms with Crippen LogP contribution in [0.15, 0.2) is 58.2 Å². The van der Waals surface area contributed by atoms with E-state index in [2.05, 4.69) is 57.5 Å². The average Bonchev–Trinajstić information content (AvgIpc) is 3.45. The van der Waals surface area contributed by atoms with Crippen molar-refractivity contribution >= 4 is 0 Å². The molecule has 4 fully saturated rings. The Balaban J connectivity index is 1.28. The lowest BCUT2D eigenvalue weighted by Crippen LogP contribution is -2.39. The Labute approximate surface area is 247 Å². The van der Waals surface area contributed by atoms with Gasteiger partial charge in [-0.3, -0.25) is 0 Å². The van der Waals surface area contributed by atoms with Gasteiger partial charge in [-0.05, 0) is 91.6 Å². The highest BCUT2D eigenvalue weighted by Crippen LogP contribution is 2.62. The summed E-state index contributed by atoms with van der Waals surface area (Å²) in [7, 11) is 0. The number of aromatic nitrogens is 1. The van der Waals surface area contributed by atoms with Crippen LogP contribution in [0.5, 0.6) is 0 Å². The Morgan fingerprint density at radius 3 is 2.68 bits per heavy atom. The van der Waals surface area contributed by atoms with Gasteiger partial charge in [-0.1, -0.05) is 77.0 Å². The summed E-state index contributed by atoms with van der Waals surface area (Å²) in [4.78, 5) is 4.60. The number of aliphatic hydroxyl groups is 3. The molecule has 0 spiro atoms. The highest BCUT2D eigenvalue weighted by molar-refractivity contribution is 5.39. The normalized spacial score (nSPS) is 34.5. The van der Waals surface area contributed by atoms with Crippen molar-refractivity contribution in [3.63, 3.8) is 0 Å². The van der Waals surface area contributed by atoms with Crippen molar-refractivity contribution in [1.29, 1.82) is 0 Å². The van der Waals surface area contributed by atoms with Crippen LogP contribution in [0.3, 0.4) is 0 Å². The van der Waals surface area contributed by atoms with Crippen molar-refractivity contribution in [2.75, 3.05) is 0 Å². The van der Waals surface area contributed by atoms with Crippen molar-refractivity contribution in [3.8, 4) is 0 Å². The first-order valence-electron chi connectivity index (χ1n) is 16.3. The van der Waals surface area contributed by atoms with E-state index >= 15 is 0 Å². The Morgan fingerprint density at radius 2 is 1.95 bits per heavy atom. The average molecular weight is 564 g/mol. The van der Waals surface area contributed by atoms with Gasteiger partial charge in [0, 0.05) is 12.8 Å². The molecule has 4 aliphatic carbocycles. The molecule has 5 nitrogen and oxygen atoms in total. The molecular formula is C36H53NO4. The van der Waals surface area contributed by atoms with Gasteiger partial charge in [0.2, 0.25) is 5.89 Å². The van der Waals surface area contributed by atoms with Gasteiger partial charge in [0.25, 0.3) is 0 Å². The quantitative estimate of drug-likeness (QED) is 0.202. The molecule has 5 rings (SSSR count). The van der Waals surface area contributed by atoms with Crippen LogP contribution in [0, 0.1) is 22.7 Å². The molecule has 0 radical (unpaired) electrons. The predicted molar refractivity (Wildman–Crippen MR) is 164 cm³/mol. The third-order valence-electron chi connectivity index (χ3n) is 11.2. The van der Waals surface area contributed by atoms with Crippen molar-refractivity contribution in [1.82, 2.24) is 4.98 Å². The molecule has 41 heavy (non-hydrogen) atoms. The summed E-state index contributed by atoms with van der Waals surface area (Å²) in [5.74, 6) is 2.72. The summed E-state index contributed by atoms with van der Waals surface area (Å²) in [6.07, 6.45) is 22.0. The minimum atomic E-state index is -0.648. The highest BCUT2D eigenvalue weighted by atomic mass is 16.4. The molecule has 4 aliphatic rings. The molecule has 4 saturated carbocycles. The van der Waals surface area contributed by atoms with Gasteiger partial charge < -0.3 is 19.7 Å². The zero-order valence-electron chi connectivity index (χ0n) is 25.9. The van der Waals surface area contributed by atoms with E-state index < -0.39 is 18.3 Å². The lowest BCUT2D eigenvalue weighted by molar-refractivity contribution is 0.0705. The predicted octanol–water partition coefficient (Wildman–Crippen LogP) is 7.52. The first-order chi connectivity index (χ1) is 19.5. The Kier molecular flexibility index (Phi) is 8.91. The van der Waals surface area contributed by atoms with Crippen molar-refractivity contribution in [2.24, 2.45) is 22.7 Å². The second-order valence-electron chi connectivity index (χ2n) is 14.5. The molecular weight excluding hydrogens is 510 g/mol. The minimum Gasteiger partial charge on any atom is -0.445 e. The number of hydrogen-bond acceptors (Lipinski definition) is 5. The number of unbranched alkanes of at least 4 members (excludes halogenated alkanes) is 2. The number of nitrogens with zero attached hydrogens (tertiary/aromatic N) is 1. The second kappa shape index (κ2) is 12.0. The second-order valence-corrected chi connectivity index (χ2v) is 14.5. The Morgan fingerprint density at radius 1 is 1.17 bits per heavy atom. The summed E-state index contributed by atoms with van der Waals surface area (Å²) < 4.78 is 6.14. The SMILES string of the molecule is C=C1/C(=C\C=C2/CCC[C@]3(C)[C@@H](C(C)(C)/C=C/[C@@H](O)C4(c5ncc(CCCCC)o5)CC4)CC[C@@H]23)C[C@@H](O)C[C@@H]1O. The van der Waals surface area contributed by atoms with Crippen molar-refractivity contribution < 1.29 is 19.7 Å². The van der Waals surface area contributed by atoms with Gasteiger partial charge in [-0.15, -0.1) is 0 Å². The molecule has 0 amide bonds. The van der Waals surface area contributed by atoms with Crippen LogP contribution in [0.1, 0.15) is 116 Å². The van der Waals surface area contributed by atoms with Crippen molar-refractivity contribution in [3.05, 3.63) is 65.5 Å². The Hall–Kier alpha value is -1.95. The van der Waals surface area contributed by atoms with Crippen LogP contribution < -0.4 is 0 Å². The van der Waals surface area contributed by atoms with Gasteiger partial charge in [0.1, 0.15) is 5.76 Å². The maximum Gasteiger partial charge on any atom is 0.203 e. The minimum absolute atomic E-state index is 0.0464. The maximum absolute atomic E-state index is 11.4. The van der Waals surface area contributed by atoms with E-state index in [4.69, 9.17) is 4.42 Å². The van der Waals surface area contributed by atoms with Crippen LogP contribution in [0.2, 0.25) is 0 Å². The number of rotatable bonds is 10. The summed E-state index contributed by atoms with van der Waals surface area (Å²) in [5, 5.41) is 31.8. The van der Waals surface area contributed by atoms with Gasteiger partial charge in [0.15, 0.2) is 0 Å². The molecule has 5 heteroatoms. The lowest BCUT2D eigenvalue weighted by Gasteiger charge is -2.47. The fourth-order valence-electron chi connectivity index (χ4n) is 8.54. The largest absolute Gasteiger partial charge is 0.445 e. The molecule has 0 unspecified atom stereocenters. The van der Waals surface area contributed by atoms with E-state index in [1.54, 1.807) is 0 Å². The number of oxazole rings is 1. The molecule has 1 heterocycles. The maximum atomic E-state index is 11.4. The molecule has 3 N–H and O–H groups in total. The molecule has 1 aromatic rings. The van der Waals surface area contributed by atoms with Crippen LogP contribution in [-0.2, 0) is 11.8 Å². The van der Waals surface area contributed by atoms with E-state index in [0.717, 1.165) is 49.0 Å². The monoisotopic (exact) mass is 563 g/mol. The van der Waals surface area contributed by atoms with Gasteiger partial charge in [-0.25, -0.2) is 4.98 Å². The molecule has 1 aromatic heterocycles. The zero-order valence-corrected chi connectivity index (χ0v) is 25.9. The standard InChI is InChI=1S/C36H53NO4/c1-6-7-8-11-28-23-37-33(41-28)36(19-20-36)32(40)16-18-34(3,4)31-15-14-29-25(10-9-17-35(29,31)5)12-13-26-21-27(38)22-30(39)24(26)2/h12-13,16,18,23,27,29-32,38-40H,2,6-11,14-15,17,19-22H2,1,3-5H3/b18-16+,25-12+,26-13-/t27-,29+,30+,31-,32-,35+/m1/s1. The summed E-state index contributed by atoms with van der Waals surface area (Å²) >= 11 is 0. The third kappa shape index (κ3) is 6.10. The summed E-state index contributed by atoms with van der Waals surface area (Å²) in [6, 6.07) is 0. The van der Waals surface area contributed by atoms with E-state index in [9.17, 15) is 15.3 Å². The van der Waals surface area contributed by atoms with Crippen LogP contribution >= 0.6 is 0 Å². The molecule has 226 valence electrons. The summed E-state index contributed by atoms with van der Waals surface area (Å²) in [6.45, 7) is 13.5. The number of fused-ring (bicyclic) bond motifs is 1. The summed E-state index contributed by atoms with van der Waals surface area (Å²) in [5.41, 5.74) is 3.04. The number of hydrogen-bond donors (Lipinski definition) is 3. The lowest BCUT2D eigenvalue weighted by atomic mass is 9.57. The highest BCUT2D eigenvalue weighted by Gasteiger charge is 2.55. The van der Waals surface area contributed by atoms with Gasteiger partial charge in [-0.2, -0.15) is 0 Å².